The van der Waals surface area contributed by atoms with E-state index in [1.165, 1.54) is 31.3 Å². The molecule has 0 bridgehead atoms. The van der Waals surface area contributed by atoms with Crippen molar-refractivity contribution in [1.29, 1.82) is 0 Å². The number of halogens is 1. The van der Waals surface area contributed by atoms with Crippen LogP contribution in [0.1, 0.15) is 16.8 Å². The van der Waals surface area contributed by atoms with E-state index >= 15 is 0 Å². The zero-order chi connectivity index (χ0) is 18.7. The Morgan fingerprint density at radius 1 is 1.19 bits per heavy atom. The minimum absolute atomic E-state index is 0.147. The molecule has 3 rings (SSSR count). The highest BCUT2D eigenvalue weighted by Crippen LogP contribution is 2.31. The summed E-state index contributed by atoms with van der Waals surface area (Å²) >= 11 is 0. The minimum atomic E-state index is -0.413. The number of ether oxygens (including phenoxy) is 2. The van der Waals surface area contributed by atoms with Gasteiger partial charge in [-0.1, -0.05) is 12.1 Å². The molecule has 0 spiro atoms. The number of hydrogen-bond acceptors (Lipinski definition) is 4. The van der Waals surface area contributed by atoms with E-state index in [1.54, 1.807) is 30.3 Å². The van der Waals surface area contributed by atoms with Crippen LogP contribution in [0.3, 0.4) is 0 Å². The second-order valence-corrected chi connectivity index (χ2v) is 5.90. The summed E-state index contributed by atoms with van der Waals surface area (Å²) in [6, 6.07) is 10.5. The Morgan fingerprint density at radius 2 is 1.96 bits per heavy atom. The Morgan fingerprint density at radius 3 is 2.65 bits per heavy atom. The number of nitrogens with zero attached hydrogens (tertiary/aromatic N) is 1. The van der Waals surface area contributed by atoms with Crippen molar-refractivity contribution in [2.24, 2.45) is 0 Å². The van der Waals surface area contributed by atoms with Crippen molar-refractivity contribution in [3.8, 4) is 11.5 Å². The van der Waals surface area contributed by atoms with Gasteiger partial charge in [0, 0.05) is 18.7 Å². The molecule has 1 heterocycles. The molecule has 2 amide bonds. The van der Waals surface area contributed by atoms with E-state index < -0.39 is 5.82 Å². The Balaban J connectivity index is 1.74. The van der Waals surface area contributed by atoms with Gasteiger partial charge < -0.3 is 19.7 Å². The van der Waals surface area contributed by atoms with Gasteiger partial charge in [-0.15, -0.1) is 0 Å². The molecule has 26 heavy (non-hydrogen) atoms. The van der Waals surface area contributed by atoms with E-state index in [9.17, 15) is 14.0 Å². The molecule has 1 aliphatic heterocycles. The van der Waals surface area contributed by atoms with E-state index in [1.807, 2.05) is 0 Å². The van der Waals surface area contributed by atoms with Gasteiger partial charge in [-0.25, -0.2) is 4.39 Å². The minimum Gasteiger partial charge on any atom is -0.493 e. The molecule has 0 aromatic heterocycles. The van der Waals surface area contributed by atoms with Crippen molar-refractivity contribution >= 4 is 17.5 Å². The lowest BCUT2D eigenvalue weighted by Gasteiger charge is -2.18. The second-order valence-electron chi connectivity index (χ2n) is 5.90. The number of rotatable bonds is 5. The molecule has 1 N–H and O–H groups in total. The van der Waals surface area contributed by atoms with E-state index in [4.69, 9.17) is 9.47 Å². The molecular weight excluding hydrogens is 339 g/mol. The molecule has 7 heteroatoms. The van der Waals surface area contributed by atoms with E-state index in [0.29, 0.717) is 22.7 Å². The maximum absolute atomic E-state index is 13.4. The number of methoxy groups -OCH3 is 2. The number of nitrogens with one attached hydrogen (secondary N) is 1. The fraction of sp³-hybridized carbons (Fsp3) is 0.263. The number of para-hydroxylation sites is 1. The molecule has 1 fully saturated rings. The molecule has 2 aromatic carbocycles. The predicted octanol–water partition coefficient (Wildman–Crippen LogP) is 2.38. The van der Waals surface area contributed by atoms with Crippen molar-refractivity contribution in [2.45, 2.75) is 12.5 Å². The van der Waals surface area contributed by atoms with Gasteiger partial charge in [-0.05, 0) is 30.3 Å². The summed E-state index contributed by atoms with van der Waals surface area (Å²) in [6.45, 7) is 0.278. The van der Waals surface area contributed by atoms with E-state index in [2.05, 4.69) is 5.32 Å². The highest BCUT2D eigenvalue weighted by Gasteiger charge is 2.32. The van der Waals surface area contributed by atoms with Crippen molar-refractivity contribution in [2.75, 3.05) is 25.7 Å². The molecule has 0 radical (unpaired) electrons. The van der Waals surface area contributed by atoms with Crippen molar-refractivity contribution in [3.63, 3.8) is 0 Å². The van der Waals surface area contributed by atoms with Crippen LogP contribution < -0.4 is 19.7 Å². The van der Waals surface area contributed by atoms with Crippen LogP contribution in [0.4, 0.5) is 10.1 Å². The van der Waals surface area contributed by atoms with Crippen molar-refractivity contribution in [1.82, 2.24) is 5.32 Å². The first-order valence-corrected chi connectivity index (χ1v) is 8.11. The molecule has 0 unspecified atom stereocenters. The highest BCUT2D eigenvalue weighted by molar-refractivity contribution is 6.00. The molecule has 0 saturated carbocycles. The van der Waals surface area contributed by atoms with Gasteiger partial charge in [-0.3, -0.25) is 9.59 Å². The summed E-state index contributed by atoms with van der Waals surface area (Å²) in [4.78, 5) is 26.3. The van der Waals surface area contributed by atoms with Gasteiger partial charge >= 0.3 is 0 Å². The first-order chi connectivity index (χ1) is 12.5. The molecule has 1 aliphatic rings. The van der Waals surface area contributed by atoms with Crippen molar-refractivity contribution < 1.29 is 23.5 Å². The summed E-state index contributed by atoms with van der Waals surface area (Å²) in [5.74, 6) is -0.162. The van der Waals surface area contributed by atoms with E-state index in [0.717, 1.165) is 0 Å². The third kappa shape index (κ3) is 3.46. The van der Waals surface area contributed by atoms with Gasteiger partial charge in [0.25, 0.3) is 5.91 Å². The lowest BCUT2D eigenvalue weighted by Crippen LogP contribution is -2.37. The fourth-order valence-electron chi connectivity index (χ4n) is 3.03. The van der Waals surface area contributed by atoms with Crippen LogP contribution in [0.5, 0.6) is 11.5 Å². The normalized spacial score (nSPS) is 16.5. The first-order valence-electron chi connectivity index (χ1n) is 8.11. The summed E-state index contributed by atoms with van der Waals surface area (Å²) < 4.78 is 23.9. The van der Waals surface area contributed by atoms with Crippen LogP contribution in [0.2, 0.25) is 0 Å². The molecule has 1 saturated heterocycles. The maximum atomic E-state index is 13.4. The number of carbonyl (C=O) groups excluding carboxylic acids is 2. The van der Waals surface area contributed by atoms with Gasteiger partial charge in [0.2, 0.25) is 5.91 Å². The summed E-state index contributed by atoms with van der Waals surface area (Å²) in [5.41, 5.74) is 0.800. The van der Waals surface area contributed by atoms with Crippen LogP contribution in [-0.4, -0.2) is 38.6 Å². The number of anilines is 1. The molecule has 6 nitrogen and oxygen atoms in total. The van der Waals surface area contributed by atoms with Crippen LogP contribution in [0.15, 0.2) is 42.5 Å². The van der Waals surface area contributed by atoms with Gasteiger partial charge in [-0.2, -0.15) is 0 Å². The second kappa shape index (κ2) is 7.43. The lowest BCUT2D eigenvalue weighted by molar-refractivity contribution is -0.117. The van der Waals surface area contributed by atoms with Crippen LogP contribution in [-0.2, 0) is 4.79 Å². The monoisotopic (exact) mass is 358 g/mol. The number of hydrogen-bond donors (Lipinski definition) is 1. The highest BCUT2D eigenvalue weighted by atomic mass is 19.1. The van der Waals surface area contributed by atoms with Gasteiger partial charge in [0.05, 0.1) is 25.8 Å². The third-order valence-corrected chi connectivity index (χ3v) is 4.23. The number of amides is 2. The number of benzene rings is 2. The Labute approximate surface area is 150 Å². The zero-order valence-electron chi connectivity index (χ0n) is 14.5. The Hall–Kier alpha value is -3.09. The van der Waals surface area contributed by atoms with Gasteiger partial charge in [0.15, 0.2) is 11.5 Å². The predicted molar refractivity (Wildman–Crippen MR) is 94.2 cm³/mol. The third-order valence-electron chi connectivity index (χ3n) is 4.23. The standard InChI is InChI=1S/C19H19FN2O4/c1-25-16-8-4-7-15(18(16)26-2)19(24)21-13-10-17(23)22(11-13)14-6-3-5-12(20)9-14/h3-9,13H,10-11H2,1-2H3,(H,21,24)/t13-/m0/s1. The average Bonchev–Trinajstić information content (AvgIpc) is 3.01. The van der Waals surface area contributed by atoms with Crippen molar-refractivity contribution in [3.05, 3.63) is 53.8 Å². The Kier molecular flexibility index (Phi) is 5.06. The first kappa shape index (κ1) is 17.7. The number of carbonyl (C=O) groups is 2. The fourth-order valence-corrected chi connectivity index (χ4v) is 3.03. The van der Waals surface area contributed by atoms with Crippen LogP contribution in [0, 0.1) is 5.82 Å². The van der Waals surface area contributed by atoms with Crippen LogP contribution >= 0.6 is 0 Å². The topological polar surface area (TPSA) is 67.9 Å². The lowest BCUT2D eigenvalue weighted by atomic mass is 10.1. The largest absolute Gasteiger partial charge is 0.493 e. The van der Waals surface area contributed by atoms with E-state index in [-0.39, 0.29) is 30.8 Å². The molecule has 2 aromatic rings. The Bertz CT molecular complexity index is 840. The van der Waals surface area contributed by atoms with Crippen LogP contribution in [0.25, 0.3) is 0 Å². The quantitative estimate of drug-likeness (QED) is 0.891. The molecular formula is C19H19FN2O4. The average molecular weight is 358 g/mol. The molecule has 1 atom stereocenters. The van der Waals surface area contributed by atoms with Gasteiger partial charge in [0.1, 0.15) is 5.82 Å². The molecule has 0 aliphatic carbocycles. The molecule has 136 valence electrons. The maximum Gasteiger partial charge on any atom is 0.255 e. The SMILES string of the molecule is COc1cccc(C(=O)N[C@H]2CC(=O)N(c3cccc(F)c3)C2)c1OC. The summed E-state index contributed by atoms with van der Waals surface area (Å²) in [6.07, 6.45) is 0.147. The summed E-state index contributed by atoms with van der Waals surface area (Å²) in [5, 5.41) is 2.84. The zero-order valence-corrected chi connectivity index (χ0v) is 14.5. The smallest absolute Gasteiger partial charge is 0.255 e. The summed E-state index contributed by atoms with van der Waals surface area (Å²) in [7, 11) is 2.95.